The van der Waals surface area contributed by atoms with Gasteiger partial charge in [0.05, 0.1) is 6.42 Å². The molecule has 6 nitrogen and oxygen atoms in total. The van der Waals surface area contributed by atoms with Crippen LogP contribution in [0.2, 0.25) is 0 Å². The zero-order valence-corrected chi connectivity index (χ0v) is 22.0. The molecule has 4 bridgehead atoms. The van der Waals surface area contributed by atoms with Crippen molar-refractivity contribution in [3.63, 3.8) is 0 Å². The van der Waals surface area contributed by atoms with Crippen molar-refractivity contribution in [2.45, 2.75) is 69.7 Å². The summed E-state index contributed by atoms with van der Waals surface area (Å²) < 4.78 is 18.8. The Hall–Kier alpha value is -2.28. The Bertz CT molecular complexity index is 1190. The van der Waals surface area contributed by atoms with Gasteiger partial charge in [0.1, 0.15) is 0 Å². The monoisotopic (exact) mass is 541 g/mol. The van der Waals surface area contributed by atoms with Crippen LogP contribution in [0.15, 0.2) is 24.3 Å². The molecule has 4 saturated carbocycles. The van der Waals surface area contributed by atoms with Gasteiger partial charge in [-0.15, -0.1) is 0 Å². The summed E-state index contributed by atoms with van der Waals surface area (Å²) in [5, 5.41) is 0. The average Bonchev–Trinajstić information content (AvgIpc) is 3.35. The minimum Gasteiger partial charge on any atom is -0.457 e. The van der Waals surface area contributed by atoms with Crippen LogP contribution in [0.5, 0.6) is 11.5 Å². The van der Waals surface area contributed by atoms with E-state index in [-0.39, 0.29) is 34.9 Å². The van der Waals surface area contributed by atoms with E-state index in [1.165, 1.54) is 19.3 Å². The van der Waals surface area contributed by atoms with E-state index < -0.39 is 0 Å². The van der Waals surface area contributed by atoms with Crippen LogP contribution in [0.3, 0.4) is 0 Å². The molecule has 1 aromatic heterocycles. The molecule has 4 fully saturated rings. The summed E-state index contributed by atoms with van der Waals surface area (Å²) in [5.74, 6) is 2.57. The summed E-state index contributed by atoms with van der Waals surface area (Å²) in [4.78, 5) is 25.9. The highest BCUT2D eigenvalue weighted by atomic mass is 79.9. The number of ether oxygens (including phenoxy) is 3. The molecule has 7 rings (SSSR count). The van der Waals surface area contributed by atoms with Gasteiger partial charge in [-0.1, -0.05) is 22.0 Å². The fraction of sp³-hybridized carbons (Fsp3) is 0.571. The molecule has 0 N–H and O–H groups in total. The maximum absolute atomic E-state index is 13.0. The van der Waals surface area contributed by atoms with Crippen LogP contribution in [0, 0.1) is 31.1 Å². The number of aryl methyl sites for hydroxylation is 1. The van der Waals surface area contributed by atoms with E-state index in [9.17, 15) is 9.59 Å². The average molecular weight is 542 g/mol. The molecule has 186 valence electrons. The molecule has 0 unspecified atom stereocenters. The van der Waals surface area contributed by atoms with E-state index in [0.717, 1.165) is 59.5 Å². The number of hydrogen-bond donors (Lipinski definition) is 0. The number of rotatable bonds is 7. The van der Waals surface area contributed by atoms with Crippen molar-refractivity contribution in [3.05, 3.63) is 46.8 Å². The van der Waals surface area contributed by atoms with Gasteiger partial charge in [-0.25, -0.2) is 0 Å². The maximum Gasteiger partial charge on any atom is 0.306 e. The molecular formula is C28H32BrNO5. The van der Waals surface area contributed by atoms with Crippen molar-refractivity contribution in [3.8, 4) is 11.5 Å². The second kappa shape index (κ2) is 8.39. The normalized spacial score (nSPS) is 30.0. The van der Waals surface area contributed by atoms with Crippen LogP contribution in [0.1, 0.15) is 72.3 Å². The lowest BCUT2D eigenvalue weighted by atomic mass is 9.49. The number of ketones is 1. The molecule has 1 aromatic carbocycles. The molecule has 0 radical (unpaired) electrons. The van der Waals surface area contributed by atoms with Gasteiger partial charge in [-0.2, -0.15) is 0 Å². The molecule has 1 aliphatic heterocycles. The predicted octanol–water partition coefficient (Wildman–Crippen LogP) is 5.73. The minimum atomic E-state index is -0.231. The number of hydrogen-bond acceptors (Lipinski definition) is 5. The molecule has 5 aliphatic rings. The Balaban J connectivity index is 1.09. The Morgan fingerprint density at radius 1 is 1.09 bits per heavy atom. The van der Waals surface area contributed by atoms with E-state index in [2.05, 4.69) is 20.5 Å². The van der Waals surface area contributed by atoms with E-state index in [0.29, 0.717) is 18.5 Å². The molecule has 4 aliphatic carbocycles. The first-order chi connectivity index (χ1) is 16.7. The lowest BCUT2D eigenvalue weighted by molar-refractivity contribution is -0.149. The van der Waals surface area contributed by atoms with Crippen LogP contribution < -0.4 is 9.47 Å². The topological polar surface area (TPSA) is 66.8 Å². The van der Waals surface area contributed by atoms with E-state index in [1.54, 1.807) is 0 Å². The summed E-state index contributed by atoms with van der Waals surface area (Å²) >= 11 is 4.01. The lowest BCUT2D eigenvalue weighted by Gasteiger charge is -2.60. The van der Waals surface area contributed by atoms with Gasteiger partial charge in [0, 0.05) is 27.8 Å². The van der Waals surface area contributed by atoms with Crippen LogP contribution in [0.4, 0.5) is 0 Å². The van der Waals surface area contributed by atoms with Crippen molar-refractivity contribution in [2.75, 3.05) is 13.4 Å². The number of halogens is 1. The van der Waals surface area contributed by atoms with Gasteiger partial charge in [-0.05, 0) is 93.4 Å². The quantitative estimate of drug-likeness (QED) is 0.254. The molecule has 0 saturated heterocycles. The third-order valence-electron chi connectivity index (χ3n) is 8.65. The summed E-state index contributed by atoms with van der Waals surface area (Å²) in [7, 11) is 0. The largest absolute Gasteiger partial charge is 0.457 e. The molecule has 2 atom stereocenters. The second-order valence-electron chi connectivity index (χ2n) is 11.4. The van der Waals surface area contributed by atoms with Gasteiger partial charge in [0.25, 0.3) is 0 Å². The minimum absolute atomic E-state index is 0.0498. The summed E-state index contributed by atoms with van der Waals surface area (Å²) in [6.07, 6.45) is 7.52. The predicted molar refractivity (Wildman–Crippen MR) is 134 cm³/mol. The first kappa shape index (κ1) is 23.1. The molecule has 2 heterocycles. The standard InChI is InChI=1S/C28H32BrNO5/c1-17-5-22(18(2)30(17)13-19-3-4-24-25(7-19)35-16-34-24)23(31)14-33-26(32)12-27-8-20-6-21(9-27)11-28(29,10-20)15-27/h3-5,7,20-21H,6,8-16H2,1-2H3/t20-,21-,27?,28?/m0/s1. The highest BCUT2D eigenvalue weighted by molar-refractivity contribution is 9.10. The summed E-state index contributed by atoms with van der Waals surface area (Å²) in [6.45, 7) is 4.61. The van der Waals surface area contributed by atoms with Crippen LogP contribution in [-0.2, 0) is 16.1 Å². The number of fused-ring (bicyclic) bond motifs is 1. The number of aromatic nitrogens is 1. The van der Waals surface area contributed by atoms with Crippen molar-refractivity contribution < 1.29 is 23.8 Å². The third-order valence-corrected chi connectivity index (χ3v) is 9.57. The van der Waals surface area contributed by atoms with Gasteiger partial charge >= 0.3 is 5.97 Å². The third kappa shape index (κ3) is 4.30. The molecule has 0 amide bonds. The van der Waals surface area contributed by atoms with E-state index in [1.807, 2.05) is 38.1 Å². The van der Waals surface area contributed by atoms with Crippen molar-refractivity contribution in [1.29, 1.82) is 0 Å². The number of carbonyl (C=O) groups excluding carboxylic acids is 2. The number of nitrogens with zero attached hydrogens (tertiary/aromatic N) is 1. The smallest absolute Gasteiger partial charge is 0.306 e. The molecule has 35 heavy (non-hydrogen) atoms. The highest BCUT2D eigenvalue weighted by Gasteiger charge is 2.57. The molecule has 0 spiro atoms. The lowest BCUT2D eigenvalue weighted by Crippen LogP contribution is -2.53. The fourth-order valence-electron chi connectivity index (χ4n) is 7.67. The summed E-state index contributed by atoms with van der Waals surface area (Å²) in [5.41, 5.74) is 3.61. The van der Waals surface area contributed by atoms with Crippen LogP contribution in [-0.4, -0.2) is 34.0 Å². The first-order valence-electron chi connectivity index (χ1n) is 12.6. The number of esters is 1. The van der Waals surface area contributed by atoms with E-state index in [4.69, 9.17) is 14.2 Å². The van der Waals surface area contributed by atoms with Crippen molar-refractivity contribution in [2.24, 2.45) is 17.3 Å². The maximum atomic E-state index is 13.0. The number of Topliss-reactive ketones (excluding diaryl/α,β-unsaturated/α-hetero) is 1. The molecular weight excluding hydrogens is 510 g/mol. The Labute approximate surface area is 214 Å². The molecule has 7 heteroatoms. The Kier molecular flexibility index (Phi) is 5.55. The zero-order chi connectivity index (χ0) is 24.4. The van der Waals surface area contributed by atoms with Crippen molar-refractivity contribution in [1.82, 2.24) is 4.57 Å². The van der Waals surface area contributed by atoms with Crippen LogP contribution in [0.25, 0.3) is 0 Å². The number of carbonyl (C=O) groups is 2. The van der Waals surface area contributed by atoms with Crippen molar-refractivity contribution >= 4 is 27.7 Å². The van der Waals surface area contributed by atoms with Gasteiger partial charge in [0.15, 0.2) is 18.1 Å². The van der Waals surface area contributed by atoms with Gasteiger partial charge < -0.3 is 18.8 Å². The van der Waals surface area contributed by atoms with Crippen LogP contribution >= 0.6 is 15.9 Å². The summed E-state index contributed by atoms with van der Waals surface area (Å²) in [6, 6.07) is 7.80. The molecule has 2 aromatic rings. The van der Waals surface area contributed by atoms with Gasteiger partial charge in [-0.3, -0.25) is 9.59 Å². The second-order valence-corrected chi connectivity index (χ2v) is 13.1. The fourth-order valence-corrected chi connectivity index (χ4v) is 9.18. The van der Waals surface area contributed by atoms with E-state index >= 15 is 0 Å². The SMILES string of the molecule is Cc1cc(C(=O)COC(=O)CC23C[C@@H]4C[C@H](CC(Br)(C4)C2)C3)c(C)n1Cc1ccc2c(c1)OCO2. The highest BCUT2D eigenvalue weighted by Crippen LogP contribution is 2.65. The van der Waals surface area contributed by atoms with Gasteiger partial charge in [0.2, 0.25) is 12.6 Å². The number of alkyl halides is 1. The Morgan fingerprint density at radius 2 is 1.83 bits per heavy atom. The zero-order valence-electron chi connectivity index (χ0n) is 20.4. The number of benzene rings is 1. The Morgan fingerprint density at radius 3 is 2.57 bits per heavy atom. The first-order valence-corrected chi connectivity index (χ1v) is 13.4.